The molecule has 1 N–H and O–H groups in total. The Balaban J connectivity index is 1.87. The van der Waals surface area contributed by atoms with E-state index in [1.54, 1.807) is 0 Å². The quantitative estimate of drug-likeness (QED) is 0.456. The minimum atomic E-state index is -3.58. The minimum absolute atomic E-state index is 0.0210. The van der Waals surface area contributed by atoms with Gasteiger partial charge in [-0.2, -0.15) is 4.67 Å². The summed E-state index contributed by atoms with van der Waals surface area (Å²) in [6, 6.07) is 6.18. The van der Waals surface area contributed by atoms with Crippen molar-refractivity contribution in [2.75, 3.05) is 6.61 Å². The normalized spacial score (nSPS) is 23.2. The van der Waals surface area contributed by atoms with Crippen molar-refractivity contribution in [3.05, 3.63) is 29.3 Å². The number of fused-ring (bicyclic) bond motifs is 1. The standard InChI is InChI=1S/C22H35N2O4P/c1-5-6-14-27-21(25)23-29(26)24(19-10-8-7-9-11-19)16-17-15-18(22(2,3)4)12-13-20(17)28-29/h12-13,15,19H,5-11,14,16H2,1-4H3,(H,23,25,26). The highest BCUT2D eigenvalue weighted by atomic mass is 31.2. The summed E-state index contributed by atoms with van der Waals surface area (Å²) in [5.74, 6) is 0.585. The van der Waals surface area contributed by atoms with E-state index < -0.39 is 13.8 Å². The van der Waals surface area contributed by atoms with Gasteiger partial charge in [-0.15, -0.1) is 0 Å². The van der Waals surface area contributed by atoms with Gasteiger partial charge in [0.05, 0.1) is 6.61 Å². The summed E-state index contributed by atoms with van der Waals surface area (Å²) in [6.45, 7) is 9.39. The predicted octanol–water partition coefficient (Wildman–Crippen LogP) is 6.15. The van der Waals surface area contributed by atoms with Gasteiger partial charge in [-0.1, -0.05) is 65.5 Å². The monoisotopic (exact) mass is 422 g/mol. The molecule has 1 atom stereocenters. The van der Waals surface area contributed by atoms with Gasteiger partial charge >= 0.3 is 13.8 Å². The molecule has 1 fully saturated rings. The fourth-order valence-electron chi connectivity index (χ4n) is 3.98. The van der Waals surface area contributed by atoms with E-state index >= 15 is 0 Å². The molecule has 7 heteroatoms. The maximum Gasteiger partial charge on any atom is 0.425 e. The van der Waals surface area contributed by atoms with Crippen LogP contribution in [-0.4, -0.2) is 23.4 Å². The maximum atomic E-state index is 13.8. The molecule has 1 saturated carbocycles. The number of ether oxygens (including phenoxy) is 1. The lowest BCUT2D eigenvalue weighted by atomic mass is 9.86. The Labute approximate surface area is 174 Å². The third-order valence-corrected chi connectivity index (χ3v) is 7.83. The fourth-order valence-corrected chi connectivity index (χ4v) is 6.00. The average molecular weight is 423 g/mol. The SMILES string of the molecule is CCCCOC(=O)NP1(=O)Oc2ccc(C(C)(C)C)cc2CN1C1CCCCC1. The third kappa shape index (κ3) is 5.35. The fraction of sp³-hybridized carbons (Fsp3) is 0.682. The molecule has 29 heavy (non-hydrogen) atoms. The van der Waals surface area contributed by atoms with Gasteiger partial charge in [0.1, 0.15) is 5.75 Å². The average Bonchev–Trinajstić information content (AvgIpc) is 2.67. The first-order valence-corrected chi connectivity index (χ1v) is 12.5. The van der Waals surface area contributed by atoms with Crippen molar-refractivity contribution in [1.29, 1.82) is 0 Å². The third-order valence-electron chi connectivity index (χ3n) is 5.78. The van der Waals surface area contributed by atoms with Crippen LogP contribution in [0.2, 0.25) is 0 Å². The summed E-state index contributed by atoms with van der Waals surface area (Å²) in [5.41, 5.74) is 2.26. The number of benzene rings is 1. The van der Waals surface area contributed by atoms with Crippen LogP contribution in [0.3, 0.4) is 0 Å². The largest absolute Gasteiger partial charge is 0.449 e. The van der Waals surface area contributed by atoms with Gasteiger partial charge < -0.3 is 9.26 Å². The van der Waals surface area contributed by atoms with E-state index in [4.69, 9.17) is 9.26 Å². The second-order valence-electron chi connectivity index (χ2n) is 9.17. The van der Waals surface area contributed by atoms with Crippen molar-refractivity contribution in [2.45, 2.75) is 90.6 Å². The Morgan fingerprint density at radius 3 is 2.66 bits per heavy atom. The van der Waals surface area contributed by atoms with E-state index in [0.717, 1.165) is 44.1 Å². The van der Waals surface area contributed by atoms with Crippen molar-refractivity contribution >= 4 is 13.8 Å². The lowest BCUT2D eigenvalue weighted by Crippen LogP contribution is -2.43. The topological polar surface area (TPSA) is 67.9 Å². The molecule has 0 radical (unpaired) electrons. The van der Waals surface area contributed by atoms with Crippen LogP contribution in [0.4, 0.5) is 4.79 Å². The molecule has 1 aromatic carbocycles. The van der Waals surface area contributed by atoms with E-state index in [1.807, 2.05) is 23.7 Å². The summed E-state index contributed by atoms with van der Waals surface area (Å²) in [5, 5.41) is 2.59. The molecule has 2 aliphatic rings. The van der Waals surface area contributed by atoms with Crippen molar-refractivity contribution in [3.8, 4) is 5.75 Å². The zero-order valence-electron chi connectivity index (χ0n) is 18.2. The second kappa shape index (κ2) is 9.09. The molecule has 0 aromatic heterocycles. The summed E-state index contributed by atoms with van der Waals surface area (Å²) < 4.78 is 26.9. The molecule has 1 amide bonds. The second-order valence-corrected chi connectivity index (χ2v) is 11.1. The van der Waals surface area contributed by atoms with Crippen molar-refractivity contribution < 1.29 is 18.6 Å². The van der Waals surface area contributed by atoms with Crippen LogP contribution in [0.1, 0.15) is 83.8 Å². The first-order chi connectivity index (χ1) is 13.7. The Morgan fingerprint density at radius 2 is 2.00 bits per heavy atom. The molecule has 0 saturated heterocycles. The molecular weight excluding hydrogens is 387 g/mol. The van der Waals surface area contributed by atoms with Crippen LogP contribution in [0.25, 0.3) is 0 Å². The zero-order valence-corrected chi connectivity index (χ0v) is 19.1. The minimum Gasteiger partial charge on any atom is -0.449 e. The van der Waals surface area contributed by atoms with Crippen LogP contribution in [-0.2, 0) is 21.3 Å². The summed E-state index contributed by atoms with van der Waals surface area (Å²) >= 11 is 0. The number of amides is 1. The first kappa shape index (κ1) is 22.2. The molecule has 0 bridgehead atoms. The maximum absolute atomic E-state index is 13.8. The van der Waals surface area contributed by atoms with Crippen molar-refractivity contribution in [2.24, 2.45) is 0 Å². The number of carbonyl (C=O) groups is 1. The lowest BCUT2D eigenvalue weighted by Gasteiger charge is -2.41. The van der Waals surface area contributed by atoms with Gasteiger partial charge in [0.25, 0.3) is 0 Å². The van der Waals surface area contributed by atoms with Crippen LogP contribution >= 0.6 is 7.67 Å². The highest BCUT2D eigenvalue weighted by molar-refractivity contribution is 7.55. The Bertz CT molecular complexity index is 769. The molecular formula is C22H35N2O4P. The Morgan fingerprint density at radius 1 is 1.28 bits per heavy atom. The molecule has 0 spiro atoms. The smallest absolute Gasteiger partial charge is 0.425 e. The Hall–Kier alpha value is -1.52. The number of unbranched alkanes of at least 4 members (excludes halogenated alkanes) is 1. The number of rotatable bonds is 5. The van der Waals surface area contributed by atoms with E-state index in [-0.39, 0.29) is 11.5 Å². The van der Waals surface area contributed by atoms with E-state index in [2.05, 4.69) is 31.9 Å². The molecule has 1 unspecified atom stereocenters. The van der Waals surface area contributed by atoms with Crippen molar-refractivity contribution in [1.82, 2.24) is 9.76 Å². The summed E-state index contributed by atoms with van der Waals surface area (Å²) in [6.07, 6.45) is 6.39. The van der Waals surface area contributed by atoms with E-state index in [1.165, 1.54) is 12.0 Å². The number of hydrogen-bond donors (Lipinski definition) is 1. The first-order valence-electron chi connectivity index (χ1n) is 10.9. The molecule has 3 rings (SSSR count). The molecule has 162 valence electrons. The van der Waals surface area contributed by atoms with Crippen LogP contribution in [0.15, 0.2) is 18.2 Å². The zero-order chi connectivity index (χ0) is 21.1. The van der Waals surface area contributed by atoms with E-state index in [9.17, 15) is 9.36 Å². The van der Waals surface area contributed by atoms with Gasteiger partial charge in [-0.3, -0.25) is 0 Å². The molecule has 1 aliphatic carbocycles. The van der Waals surface area contributed by atoms with Gasteiger partial charge in [0.2, 0.25) is 0 Å². The van der Waals surface area contributed by atoms with Gasteiger partial charge in [-0.05, 0) is 36.3 Å². The Kier molecular flexibility index (Phi) is 6.95. The number of nitrogens with one attached hydrogen (secondary N) is 1. The summed E-state index contributed by atoms with van der Waals surface area (Å²) in [4.78, 5) is 12.3. The predicted molar refractivity (Wildman–Crippen MR) is 115 cm³/mol. The van der Waals surface area contributed by atoms with E-state index in [0.29, 0.717) is 18.9 Å². The van der Waals surface area contributed by atoms with Crippen LogP contribution in [0.5, 0.6) is 5.75 Å². The number of carbonyl (C=O) groups excluding carboxylic acids is 1. The highest BCUT2D eigenvalue weighted by Gasteiger charge is 2.44. The van der Waals surface area contributed by atoms with Crippen molar-refractivity contribution in [3.63, 3.8) is 0 Å². The number of nitrogens with zero attached hydrogens (tertiary/aromatic N) is 1. The number of hydrogen-bond acceptors (Lipinski definition) is 4. The lowest BCUT2D eigenvalue weighted by molar-refractivity contribution is 0.145. The van der Waals surface area contributed by atoms with Crippen LogP contribution in [0, 0.1) is 0 Å². The van der Waals surface area contributed by atoms with Gasteiger partial charge in [0.15, 0.2) is 0 Å². The highest BCUT2D eigenvalue weighted by Crippen LogP contribution is 2.55. The van der Waals surface area contributed by atoms with Gasteiger partial charge in [-0.25, -0.2) is 14.4 Å². The summed E-state index contributed by atoms with van der Waals surface area (Å²) in [7, 11) is -3.58. The van der Waals surface area contributed by atoms with Crippen LogP contribution < -0.4 is 9.61 Å². The molecule has 1 aromatic rings. The molecule has 1 heterocycles. The molecule has 6 nitrogen and oxygen atoms in total. The molecule has 1 aliphatic heterocycles. The van der Waals surface area contributed by atoms with Gasteiger partial charge in [0, 0.05) is 18.2 Å².